The van der Waals surface area contributed by atoms with Gasteiger partial charge in [0.1, 0.15) is 11.5 Å². The first kappa shape index (κ1) is 19.1. The lowest BCUT2D eigenvalue weighted by Gasteiger charge is -2.36. The molecule has 0 N–H and O–H groups in total. The summed E-state index contributed by atoms with van der Waals surface area (Å²) in [6, 6.07) is 16.0. The van der Waals surface area contributed by atoms with Crippen molar-refractivity contribution in [3.05, 3.63) is 54.1 Å². The molecule has 1 amide bonds. The van der Waals surface area contributed by atoms with Crippen molar-refractivity contribution < 1.29 is 14.3 Å². The molecule has 27 heavy (non-hydrogen) atoms. The third-order valence-corrected chi connectivity index (χ3v) is 4.96. The molecule has 0 aliphatic carbocycles. The highest BCUT2D eigenvalue weighted by Crippen LogP contribution is 2.22. The Balaban J connectivity index is 1.49. The van der Waals surface area contributed by atoms with Gasteiger partial charge in [0.25, 0.3) is 5.91 Å². The van der Waals surface area contributed by atoms with E-state index in [1.54, 1.807) is 7.11 Å². The van der Waals surface area contributed by atoms with Gasteiger partial charge < -0.3 is 19.3 Å². The lowest BCUT2D eigenvalue weighted by atomic mass is 10.0. The van der Waals surface area contributed by atoms with Crippen LogP contribution in [0.4, 0.5) is 5.69 Å². The van der Waals surface area contributed by atoms with E-state index >= 15 is 0 Å². The van der Waals surface area contributed by atoms with Gasteiger partial charge in [-0.05, 0) is 47.9 Å². The zero-order valence-corrected chi connectivity index (χ0v) is 16.4. The number of hydrogen-bond acceptors (Lipinski definition) is 4. The molecule has 1 aliphatic rings. The van der Waals surface area contributed by atoms with Crippen LogP contribution in [0.1, 0.15) is 25.3 Å². The predicted molar refractivity (Wildman–Crippen MR) is 108 cm³/mol. The topological polar surface area (TPSA) is 42.0 Å². The third-order valence-electron chi connectivity index (χ3n) is 4.96. The van der Waals surface area contributed by atoms with Crippen molar-refractivity contribution in [2.24, 2.45) is 0 Å². The molecule has 0 spiro atoms. The second kappa shape index (κ2) is 8.80. The molecule has 1 saturated heterocycles. The summed E-state index contributed by atoms with van der Waals surface area (Å²) in [5, 5.41) is 0. The Kier molecular flexibility index (Phi) is 6.22. The number of rotatable bonds is 6. The normalized spacial score (nSPS) is 14.4. The minimum atomic E-state index is 0.0410. The smallest absolute Gasteiger partial charge is 0.260 e. The van der Waals surface area contributed by atoms with Crippen LogP contribution in [-0.2, 0) is 4.79 Å². The molecule has 5 heteroatoms. The van der Waals surface area contributed by atoms with Crippen molar-refractivity contribution in [1.29, 1.82) is 0 Å². The number of hydrogen-bond donors (Lipinski definition) is 0. The largest absolute Gasteiger partial charge is 0.497 e. The highest BCUT2D eigenvalue weighted by Gasteiger charge is 2.21. The van der Waals surface area contributed by atoms with E-state index in [0.717, 1.165) is 30.3 Å². The van der Waals surface area contributed by atoms with Gasteiger partial charge in [-0.25, -0.2) is 0 Å². The molecule has 5 nitrogen and oxygen atoms in total. The Hall–Kier alpha value is -2.69. The molecule has 0 bridgehead atoms. The molecule has 0 saturated carbocycles. The van der Waals surface area contributed by atoms with Gasteiger partial charge in [-0.2, -0.15) is 0 Å². The number of benzene rings is 2. The highest BCUT2D eigenvalue weighted by atomic mass is 16.5. The first-order valence-electron chi connectivity index (χ1n) is 9.46. The fraction of sp³-hybridized carbons (Fsp3) is 0.409. The van der Waals surface area contributed by atoms with Gasteiger partial charge in [0.15, 0.2) is 6.61 Å². The van der Waals surface area contributed by atoms with E-state index in [0.29, 0.717) is 19.0 Å². The molecule has 0 aromatic heterocycles. The van der Waals surface area contributed by atoms with E-state index in [-0.39, 0.29) is 12.5 Å². The number of carbonyl (C=O) groups excluding carboxylic acids is 1. The van der Waals surface area contributed by atoms with Crippen LogP contribution in [-0.4, -0.2) is 50.7 Å². The van der Waals surface area contributed by atoms with Crippen molar-refractivity contribution in [3.63, 3.8) is 0 Å². The van der Waals surface area contributed by atoms with Crippen LogP contribution in [0.3, 0.4) is 0 Å². The zero-order valence-electron chi connectivity index (χ0n) is 16.4. The van der Waals surface area contributed by atoms with Gasteiger partial charge in [0, 0.05) is 31.9 Å². The number of piperazine rings is 1. The standard InChI is InChI=1S/C22H28N2O3/c1-17(2)18-5-4-6-21(15-18)27-16-22(25)24-13-11-23(12-14-24)19-7-9-20(26-3)10-8-19/h4-10,15,17H,11-14,16H2,1-3H3. The predicted octanol–water partition coefficient (Wildman–Crippen LogP) is 3.55. The fourth-order valence-electron chi connectivity index (χ4n) is 3.21. The highest BCUT2D eigenvalue weighted by molar-refractivity contribution is 5.78. The quantitative estimate of drug-likeness (QED) is 0.782. The van der Waals surface area contributed by atoms with E-state index in [1.807, 2.05) is 35.2 Å². The lowest BCUT2D eigenvalue weighted by molar-refractivity contribution is -0.133. The molecule has 1 aliphatic heterocycles. The molecule has 0 atom stereocenters. The summed E-state index contributed by atoms with van der Waals surface area (Å²) in [5.41, 5.74) is 2.37. The molecule has 1 heterocycles. The summed E-state index contributed by atoms with van der Waals surface area (Å²) in [7, 11) is 1.67. The van der Waals surface area contributed by atoms with Gasteiger partial charge in [-0.3, -0.25) is 4.79 Å². The number of nitrogens with zero attached hydrogens (tertiary/aromatic N) is 2. The molecular formula is C22H28N2O3. The maximum absolute atomic E-state index is 12.5. The minimum Gasteiger partial charge on any atom is -0.497 e. The van der Waals surface area contributed by atoms with Crippen LogP contribution in [0, 0.1) is 0 Å². The van der Waals surface area contributed by atoms with Gasteiger partial charge in [-0.1, -0.05) is 26.0 Å². The molecule has 0 radical (unpaired) electrons. The van der Waals surface area contributed by atoms with E-state index in [4.69, 9.17) is 9.47 Å². The van der Waals surface area contributed by atoms with Gasteiger partial charge in [0.2, 0.25) is 0 Å². The van der Waals surface area contributed by atoms with Crippen LogP contribution in [0.2, 0.25) is 0 Å². The summed E-state index contributed by atoms with van der Waals surface area (Å²) in [4.78, 5) is 16.7. The van der Waals surface area contributed by atoms with Crippen molar-refractivity contribution in [3.8, 4) is 11.5 Å². The number of amides is 1. The van der Waals surface area contributed by atoms with E-state index in [2.05, 4.69) is 36.9 Å². The van der Waals surface area contributed by atoms with Gasteiger partial charge in [0.05, 0.1) is 7.11 Å². The summed E-state index contributed by atoms with van der Waals surface area (Å²) in [5.74, 6) is 2.09. The number of methoxy groups -OCH3 is 1. The summed E-state index contributed by atoms with van der Waals surface area (Å²) >= 11 is 0. The lowest BCUT2D eigenvalue weighted by Crippen LogP contribution is -2.50. The molecule has 2 aromatic carbocycles. The second-order valence-electron chi connectivity index (χ2n) is 7.08. The van der Waals surface area contributed by atoms with Crippen LogP contribution in [0.15, 0.2) is 48.5 Å². The average molecular weight is 368 g/mol. The average Bonchev–Trinajstić information content (AvgIpc) is 2.72. The Bertz CT molecular complexity index is 750. The van der Waals surface area contributed by atoms with Gasteiger partial charge >= 0.3 is 0 Å². The maximum atomic E-state index is 12.5. The maximum Gasteiger partial charge on any atom is 0.260 e. The van der Waals surface area contributed by atoms with Crippen LogP contribution < -0.4 is 14.4 Å². The monoisotopic (exact) mass is 368 g/mol. The van der Waals surface area contributed by atoms with Crippen molar-refractivity contribution in [2.75, 3.05) is 44.8 Å². The molecule has 3 rings (SSSR count). The molecular weight excluding hydrogens is 340 g/mol. The Morgan fingerprint density at radius 2 is 1.70 bits per heavy atom. The summed E-state index contributed by atoms with van der Waals surface area (Å²) in [6.07, 6.45) is 0. The first-order chi connectivity index (χ1) is 13.1. The third kappa shape index (κ3) is 4.94. The van der Waals surface area contributed by atoms with Crippen LogP contribution in [0.5, 0.6) is 11.5 Å². The minimum absolute atomic E-state index is 0.0410. The van der Waals surface area contributed by atoms with Crippen molar-refractivity contribution >= 4 is 11.6 Å². The Labute approximate surface area is 161 Å². The van der Waals surface area contributed by atoms with E-state index in [1.165, 1.54) is 5.56 Å². The van der Waals surface area contributed by atoms with Crippen molar-refractivity contribution in [2.45, 2.75) is 19.8 Å². The van der Waals surface area contributed by atoms with Crippen LogP contribution in [0.25, 0.3) is 0 Å². The molecule has 2 aromatic rings. The molecule has 0 unspecified atom stereocenters. The summed E-state index contributed by atoms with van der Waals surface area (Å²) in [6.45, 7) is 7.44. The van der Waals surface area contributed by atoms with Crippen molar-refractivity contribution in [1.82, 2.24) is 4.90 Å². The fourth-order valence-corrected chi connectivity index (χ4v) is 3.21. The summed E-state index contributed by atoms with van der Waals surface area (Å²) < 4.78 is 10.9. The molecule has 1 fully saturated rings. The van der Waals surface area contributed by atoms with Crippen LogP contribution >= 0.6 is 0 Å². The Morgan fingerprint density at radius 3 is 2.33 bits per heavy atom. The second-order valence-corrected chi connectivity index (χ2v) is 7.08. The SMILES string of the molecule is COc1ccc(N2CCN(C(=O)COc3cccc(C(C)C)c3)CC2)cc1. The number of carbonyl (C=O) groups is 1. The number of ether oxygens (including phenoxy) is 2. The van der Waals surface area contributed by atoms with Gasteiger partial charge in [-0.15, -0.1) is 0 Å². The number of anilines is 1. The Morgan fingerprint density at radius 1 is 1.00 bits per heavy atom. The van der Waals surface area contributed by atoms with E-state index in [9.17, 15) is 4.79 Å². The first-order valence-corrected chi connectivity index (χ1v) is 9.46. The zero-order chi connectivity index (χ0) is 19.2. The van der Waals surface area contributed by atoms with E-state index < -0.39 is 0 Å². The molecule has 144 valence electrons.